The van der Waals surface area contributed by atoms with Crippen LogP contribution in [0.3, 0.4) is 0 Å². The summed E-state index contributed by atoms with van der Waals surface area (Å²) < 4.78 is 23.4. The van der Waals surface area contributed by atoms with Gasteiger partial charge in [-0.05, 0) is 36.2 Å². The highest BCUT2D eigenvalue weighted by Crippen LogP contribution is 2.42. The van der Waals surface area contributed by atoms with Crippen LogP contribution in [0.25, 0.3) is 16.6 Å². The zero-order valence-electron chi connectivity index (χ0n) is 20.4. The van der Waals surface area contributed by atoms with E-state index in [0.717, 1.165) is 22.9 Å². The van der Waals surface area contributed by atoms with Crippen molar-refractivity contribution in [3.05, 3.63) is 82.1 Å². The molecular weight excluding hydrogens is 480 g/mol. The Kier molecular flexibility index (Phi) is 7.80. The van der Waals surface area contributed by atoms with Crippen LogP contribution in [-0.2, 0) is 16.1 Å². The second-order valence-electron chi connectivity index (χ2n) is 7.85. The number of methoxy groups -OCH3 is 3. The zero-order chi connectivity index (χ0) is 25.7. The van der Waals surface area contributed by atoms with Crippen molar-refractivity contribution in [2.75, 3.05) is 27.1 Å². The first-order chi connectivity index (χ1) is 17.5. The number of rotatable bonds is 9. The quantitative estimate of drug-likeness (QED) is 0.186. The zero-order valence-corrected chi connectivity index (χ0v) is 21.3. The molecule has 0 fully saturated rings. The van der Waals surface area contributed by atoms with Crippen LogP contribution in [0.5, 0.6) is 17.2 Å². The Morgan fingerprint density at radius 1 is 0.944 bits per heavy atom. The first-order valence-corrected chi connectivity index (χ1v) is 12.1. The third-order valence-corrected chi connectivity index (χ3v) is 6.37. The number of fused-ring (bicyclic) bond motifs is 1. The van der Waals surface area contributed by atoms with E-state index in [4.69, 9.17) is 23.9 Å². The summed E-state index contributed by atoms with van der Waals surface area (Å²) in [6, 6.07) is 18.5. The van der Waals surface area contributed by atoms with Gasteiger partial charge in [-0.2, -0.15) is 0 Å². The standard InChI is InChI=1S/C27H26N2O6S/c1-17-9-8-12-19(13-17)29-26(31)20-14-21(32-2)24(33-3)25(34-4)23(20)28-27(29)36-16-22(30)35-15-18-10-6-5-7-11-18/h5-14H,15-16H2,1-4H3. The highest BCUT2D eigenvalue weighted by molar-refractivity contribution is 7.99. The Balaban J connectivity index is 1.78. The molecule has 4 aromatic rings. The Bertz CT molecular complexity index is 1450. The molecule has 36 heavy (non-hydrogen) atoms. The number of aryl methyl sites for hydroxylation is 1. The predicted octanol–water partition coefficient (Wildman–Crippen LogP) is 4.56. The van der Waals surface area contributed by atoms with Gasteiger partial charge >= 0.3 is 5.97 Å². The van der Waals surface area contributed by atoms with Gasteiger partial charge < -0.3 is 18.9 Å². The number of benzene rings is 3. The fourth-order valence-corrected chi connectivity index (χ4v) is 4.57. The Morgan fingerprint density at radius 2 is 1.69 bits per heavy atom. The van der Waals surface area contributed by atoms with Crippen LogP contribution in [-0.4, -0.2) is 42.6 Å². The Morgan fingerprint density at radius 3 is 2.36 bits per heavy atom. The molecule has 0 aliphatic rings. The number of hydrogen-bond donors (Lipinski definition) is 0. The molecule has 0 N–H and O–H groups in total. The van der Waals surface area contributed by atoms with Crippen molar-refractivity contribution in [1.82, 2.24) is 9.55 Å². The van der Waals surface area contributed by atoms with Gasteiger partial charge in [0.2, 0.25) is 5.75 Å². The van der Waals surface area contributed by atoms with Crippen molar-refractivity contribution in [3.8, 4) is 22.9 Å². The Labute approximate surface area is 212 Å². The number of carbonyl (C=O) groups excluding carboxylic acids is 1. The molecular formula is C27H26N2O6S. The number of carbonyl (C=O) groups is 1. The van der Waals surface area contributed by atoms with Crippen molar-refractivity contribution < 1.29 is 23.7 Å². The second-order valence-corrected chi connectivity index (χ2v) is 8.79. The summed E-state index contributed by atoms with van der Waals surface area (Å²) in [6.07, 6.45) is 0. The summed E-state index contributed by atoms with van der Waals surface area (Å²) in [7, 11) is 4.44. The fraction of sp³-hybridized carbons (Fsp3) is 0.222. The number of hydrogen-bond acceptors (Lipinski definition) is 8. The van der Waals surface area contributed by atoms with Gasteiger partial charge in [-0.1, -0.05) is 54.2 Å². The average Bonchev–Trinajstić information content (AvgIpc) is 2.90. The number of nitrogens with zero attached hydrogens (tertiary/aromatic N) is 2. The lowest BCUT2D eigenvalue weighted by Crippen LogP contribution is -2.23. The maximum Gasteiger partial charge on any atom is 0.316 e. The highest BCUT2D eigenvalue weighted by Gasteiger charge is 2.23. The third-order valence-electron chi connectivity index (χ3n) is 5.46. The molecule has 9 heteroatoms. The lowest BCUT2D eigenvalue weighted by molar-refractivity contribution is -0.141. The minimum absolute atomic E-state index is 0.0355. The molecule has 0 radical (unpaired) electrons. The number of esters is 1. The van der Waals surface area contributed by atoms with Gasteiger partial charge in [0.25, 0.3) is 5.56 Å². The van der Waals surface area contributed by atoms with Gasteiger partial charge in [0.1, 0.15) is 12.1 Å². The van der Waals surface area contributed by atoms with E-state index in [1.54, 1.807) is 6.07 Å². The molecule has 0 amide bonds. The van der Waals surface area contributed by atoms with Crippen molar-refractivity contribution in [3.63, 3.8) is 0 Å². The number of ether oxygens (including phenoxy) is 4. The summed E-state index contributed by atoms with van der Waals surface area (Å²) in [5.74, 6) is 0.487. The SMILES string of the molecule is COc1cc2c(=O)n(-c3cccc(C)c3)c(SCC(=O)OCc3ccccc3)nc2c(OC)c1OC. The summed E-state index contributed by atoms with van der Waals surface area (Å²) in [4.78, 5) is 31.1. The van der Waals surface area contributed by atoms with E-state index in [2.05, 4.69) is 0 Å². The molecule has 1 aromatic heterocycles. The molecule has 186 valence electrons. The summed E-state index contributed by atoms with van der Waals surface area (Å²) >= 11 is 1.11. The fourth-order valence-electron chi connectivity index (χ4n) is 3.76. The van der Waals surface area contributed by atoms with E-state index in [9.17, 15) is 9.59 Å². The smallest absolute Gasteiger partial charge is 0.316 e. The first-order valence-electron chi connectivity index (χ1n) is 11.1. The molecule has 4 rings (SSSR count). The molecule has 3 aromatic carbocycles. The van der Waals surface area contributed by atoms with Crippen molar-refractivity contribution in [2.45, 2.75) is 18.7 Å². The highest BCUT2D eigenvalue weighted by atomic mass is 32.2. The summed E-state index contributed by atoms with van der Waals surface area (Å²) in [5, 5.41) is 0.613. The molecule has 0 unspecified atom stereocenters. The first kappa shape index (κ1) is 25.1. The van der Waals surface area contributed by atoms with Gasteiger partial charge in [-0.25, -0.2) is 4.98 Å². The minimum Gasteiger partial charge on any atom is -0.493 e. The van der Waals surface area contributed by atoms with Crippen LogP contribution in [0.2, 0.25) is 0 Å². The van der Waals surface area contributed by atoms with Gasteiger partial charge in [-0.3, -0.25) is 14.2 Å². The van der Waals surface area contributed by atoms with E-state index in [1.165, 1.54) is 25.9 Å². The van der Waals surface area contributed by atoms with Gasteiger partial charge in [0.05, 0.1) is 38.2 Å². The maximum absolute atomic E-state index is 13.8. The number of thioether (sulfide) groups is 1. The van der Waals surface area contributed by atoms with E-state index >= 15 is 0 Å². The molecule has 0 aliphatic heterocycles. The number of aromatic nitrogens is 2. The van der Waals surface area contributed by atoms with Crippen LogP contribution in [0.4, 0.5) is 0 Å². The molecule has 8 nitrogen and oxygen atoms in total. The van der Waals surface area contributed by atoms with Crippen LogP contribution in [0.15, 0.2) is 70.6 Å². The van der Waals surface area contributed by atoms with Crippen LogP contribution in [0.1, 0.15) is 11.1 Å². The Hall–Kier alpha value is -3.98. The van der Waals surface area contributed by atoms with Gasteiger partial charge in [0.15, 0.2) is 16.7 Å². The summed E-state index contributed by atoms with van der Waals surface area (Å²) in [5.41, 5.74) is 2.47. The van der Waals surface area contributed by atoms with Crippen molar-refractivity contribution in [2.24, 2.45) is 0 Å². The molecule has 1 heterocycles. The van der Waals surface area contributed by atoms with Crippen LogP contribution < -0.4 is 19.8 Å². The molecule has 0 spiro atoms. The van der Waals surface area contributed by atoms with E-state index in [-0.39, 0.29) is 23.7 Å². The average molecular weight is 507 g/mol. The van der Waals surface area contributed by atoms with E-state index < -0.39 is 5.97 Å². The normalized spacial score (nSPS) is 10.8. The largest absolute Gasteiger partial charge is 0.493 e. The molecule has 0 saturated heterocycles. The lowest BCUT2D eigenvalue weighted by Gasteiger charge is -2.17. The van der Waals surface area contributed by atoms with Gasteiger partial charge in [-0.15, -0.1) is 0 Å². The van der Waals surface area contributed by atoms with Crippen molar-refractivity contribution >= 4 is 28.6 Å². The monoisotopic (exact) mass is 506 g/mol. The predicted molar refractivity (Wildman–Crippen MR) is 139 cm³/mol. The second kappa shape index (κ2) is 11.2. The topological polar surface area (TPSA) is 88.9 Å². The third kappa shape index (κ3) is 5.16. The van der Waals surface area contributed by atoms with Crippen LogP contribution in [0, 0.1) is 6.92 Å². The van der Waals surface area contributed by atoms with Crippen molar-refractivity contribution in [1.29, 1.82) is 0 Å². The molecule has 0 aliphatic carbocycles. The van der Waals surface area contributed by atoms with Crippen LogP contribution >= 0.6 is 11.8 Å². The molecule has 0 saturated carbocycles. The lowest BCUT2D eigenvalue weighted by atomic mass is 10.2. The summed E-state index contributed by atoms with van der Waals surface area (Å²) in [6.45, 7) is 2.11. The molecule has 0 bridgehead atoms. The van der Waals surface area contributed by atoms with E-state index in [0.29, 0.717) is 33.2 Å². The van der Waals surface area contributed by atoms with Gasteiger partial charge in [0, 0.05) is 0 Å². The van der Waals surface area contributed by atoms with E-state index in [1.807, 2.05) is 61.5 Å². The molecule has 0 atom stereocenters. The maximum atomic E-state index is 13.8. The minimum atomic E-state index is -0.423.